The van der Waals surface area contributed by atoms with Crippen molar-refractivity contribution in [1.29, 1.82) is 0 Å². The molecule has 0 unspecified atom stereocenters. The number of hydrogen-bond acceptors (Lipinski definition) is 2. The minimum absolute atomic E-state index is 0.0408. The van der Waals surface area contributed by atoms with E-state index in [0.29, 0.717) is 0 Å². The van der Waals surface area contributed by atoms with Gasteiger partial charge in [-0.1, -0.05) is 135 Å². The lowest BCUT2D eigenvalue weighted by atomic mass is 9.82. The minimum atomic E-state index is -0.0408. The Morgan fingerprint density at radius 3 is 1.57 bits per heavy atom. The third-order valence-electron chi connectivity index (χ3n) is 10.4. The van der Waals surface area contributed by atoms with Crippen LogP contribution < -0.4 is 9.80 Å². The molecular formula is C49H38N2. The molecule has 0 aliphatic heterocycles. The van der Waals surface area contributed by atoms with Gasteiger partial charge in [-0.2, -0.15) is 0 Å². The molecule has 0 radical (unpaired) electrons. The first-order chi connectivity index (χ1) is 25.0. The van der Waals surface area contributed by atoms with Crippen LogP contribution in [0, 0.1) is 0 Å². The normalized spacial score (nSPS) is 12.7. The minimum Gasteiger partial charge on any atom is -0.311 e. The smallest absolute Gasteiger partial charge is 0.0468 e. The van der Waals surface area contributed by atoms with Gasteiger partial charge in [-0.3, -0.25) is 0 Å². The third-order valence-corrected chi connectivity index (χ3v) is 10.4. The zero-order chi connectivity index (χ0) is 34.4. The van der Waals surface area contributed by atoms with Crippen LogP contribution in [0.3, 0.4) is 0 Å². The molecule has 0 saturated heterocycles. The first-order valence-corrected chi connectivity index (χ1v) is 17.7. The summed E-state index contributed by atoms with van der Waals surface area (Å²) in [6.45, 7) is 4.68. The van der Waals surface area contributed by atoms with Crippen LogP contribution >= 0.6 is 0 Å². The van der Waals surface area contributed by atoms with Crippen LogP contribution in [0.4, 0.5) is 34.1 Å². The fourth-order valence-corrected chi connectivity index (χ4v) is 7.84. The Balaban J connectivity index is 1.14. The van der Waals surface area contributed by atoms with E-state index in [1.54, 1.807) is 0 Å². The Hall–Kier alpha value is -6.38. The summed E-state index contributed by atoms with van der Waals surface area (Å²) in [5.74, 6) is 0. The highest BCUT2D eigenvalue weighted by atomic mass is 15.1. The maximum Gasteiger partial charge on any atom is 0.0468 e. The van der Waals surface area contributed by atoms with E-state index in [4.69, 9.17) is 0 Å². The van der Waals surface area contributed by atoms with Crippen LogP contribution in [0.15, 0.2) is 194 Å². The molecule has 9 rings (SSSR count). The Labute approximate surface area is 300 Å². The maximum atomic E-state index is 2.41. The Morgan fingerprint density at radius 2 is 0.824 bits per heavy atom. The van der Waals surface area contributed by atoms with E-state index in [0.717, 1.165) is 34.1 Å². The van der Waals surface area contributed by atoms with Gasteiger partial charge in [0.05, 0.1) is 0 Å². The van der Waals surface area contributed by atoms with Crippen molar-refractivity contribution in [2.45, 2.75) is 19.3 Å². The van der Waals surface area contributed by atoms with Crippen LogP contribution in [-0.2, 0) is 5.41 Å². The van der Waals surface area contributed by atoms with Crippen molar-refractivity contribution in [3.8, 4) is 22.3 Å². The highest BCUT2D eigenvalue weighted by molar-refractivity contribution is 5.92. The Kier molecular flexibility index (Phi) is 7.51. The van der Waals surface area contributed by atoms with Gasteiger partial charge in [0.2, 0.25) is 0 Å². The second-order valence-corrected chi connectivity index (χ2v) is 13.9. The van der Waals surface area contributed by atoms with E-state index in [-0.39, 0.29) is 5.41 Å². The molecule has 2 heteroatoms. The lowest BCUT2D eigenvalue weighted by Crippen LogP contribution is -2.15. The summed E-state index contributed by atoms with van der Waals surface area (Å²) in [6.07, 6.45) is 0. The number of para-hydroxylation sites is 2. The quantitative estimate of drug-likeness (QED) is 0.169. The van der Waals surface area contributed by atoms with Crippen molar-refractivity contribution in [2.75, 3.05) is 9.80 Å². The molecule has 0 atom stereocenters. The molecule has 0 bridgehead atoms. The van der Waals surface area contributed by atoms with Gasteiger partial charge < -0.3 is 9.80 Å². The van der Waals surface area contributed by atoms with Gasteiger partial charge in [-0.25, -0.2) is 0 Å². The first-order valence-electron chi connectivity index (χ1n) is 17.7. The van der Waals surface area contributed by atoms with Crippen LogP contribution in [0.25, 0.3) is 33.0 Å². The van der Waals surface area contributed by atoms with Gasteiger partial charge >= 0.3 is 0 Å². The molecule has 2 nitrogen and oxygen atoms in total. The molecule has 8 aromatic rings. The number of nitrogens with zero attached hydrogens (tertiary/aromatic N) is 2. The number of hydrogen-bond donors (Lipinski definition) is 0. The third kappa shape index (κ3) is 5.46. The van der Waals surface area contributed by atoms with Gasteiger partial charge in [0, 0.05) is 39.5 Å². The molecule has 1 aliphatic carbocycles. The maximum absolute atomic E-state index is 2.41. The van der Waals surface area contributed by atoms with E-state index in [1.807, 2.05) is 0 Å². The van der Waals surface area contributed by atoms with E-state index in [2.05, 4.69) is 218 Å². The number of benzene rings is 8. The fraction of sp³-hybridized carbons (Fsp3) is 0.0612. The first kappa shape index (κ1) is 30.7. The van der Waals surface area contributed by atoms with Crippen molar-refractivity contribution in [3.63, 3.8) is 0 Å². The number of anilines is 6. The van der Waals surface area contributed by atoms with Gasteiger partial charge in [0.1, 0.15) is 0 Å². The molecular weight excluding hydrogens is 617 g/mol. The van der Waals surface area contributed by atoms with Crippen LogP contribution in [0.1, 0.15) is 25.0 Å². The zero-order valence-corrected chi connectivity index (χ0v) is 28.9. The number of fused-ring (bicyclic) bond motifs is 4. The highest BCUT2D eigenvalue weighted by Gasteiger charge is 2.35. The summed E-state index contributed by atoms with van der Waals surface area (Å²) >= 11 is 0. The van der Waals surface area contributed by atoms with Crippen LogP contribution in [0.5, 0.6) is 0 Å². The van der Waals surface area contributed by atoms with Gasteiger partial charge in [0.25, 0.3) is 0 Å². The molecule has 0 saturated carbocycles. The lowest BCUT2D eigenvalue weighted by molar-refractivity contribution is 0.660. The molecule has 0 fully saturated rings. The Bertz CT molecular complexity index is 2460. The van der Waals surface area contributed by atoms with Gasteiger partial charge in [0.15, 0.2) is 0 Å². The van der Waals surface area contributed by atoms with Gasteiger partial charge in [-0.15, -0.1) is 0 Å². The van der Waals surface area contributed by atoms with E-state index in [9.17, 15) is 0 Å². The summed E-state index contributed by atoms with van der Waals surface area (Å²) in [4.78, 5) is 4.71. The van der Waals surface area contributed by atoms with Crippen molar-refractivity contribution in [1.82, 2.24) is 0 Å². The summed E-state index contributed by atoms with van der Waals surface area (Å²) in [5, 5.41) is 2.46. The summed E-state index contributed by atoms with van der Waals surface area (Å²) in [6, 6.07) is 70.3. The molecule has 0 N–H and O–H groups in total. The predicted octanol–water partition coefficient (Wildman–Crippen LogP) is 13.8. The summed E-state index contributed by atoms with van der Waals surface area (Å²) in [5.41, 5.74) is 14.5. The Morgan fingerprint density at radius 1 is 0.314 bits per heavy atom. The van der Waals surface area contributed by atoms with E-state index in [1.165, 1.54) is 44.2 Å². The fourth-order valence-electron chi connectivity index (χ4n) is 7.84. The second kappa shape index (κ2) is 12.5. The molecule has 51 heavy (non-hydrogen) atoms. The molecule has 1 aliphatic rings. The SMILES string of the molecule is CC1(C)c2ccccc2-c2cc(N(c3cccc(-c4ccc(N(c5ccccc5)c5ccccc5)cc4)c3)c3ccc4ccccc4c3)ccc21. The zero-order valence-electron chi connectivity index (χ0n) is 28.9. The van der Waals surface area contributed by atoms with Crippen molar-refractivity contribution in [3.05, 3.63) is 205 Å². The monoisotopic (exact) mass is 654 g/mol. The molecule has 0 aromatic heterocycles. The standard InChI is InChI=1S/C49H38N2/c1-49(2)47-23-12-11-22-45(47)46-34-44(30-31-48(46)49)51(43-29-26-35-14-9-10-15-37(35)33-43)42-21-13-16-38(32-42)36-24-27-41(28-25-36)50(39-17-5-3-6-18-39)40-19-7-4-8-20-40/h3-34H,1-2H3. The van der Waals surface area contributed by atoms with E-state index < -0.39 is 0 Å². The molecule has 0 heterocycles. The highest BCUT2D eigenvalue weighted by Crippen LogP contribution is 2.50. The molecule has 8 aromatic carbocycles. The van der Waals surface area contributed by atoms with Gasteiger partial charge in [-0.05, 0) is 117 Å². The number of rotatable bonds is 7. The van der Waals surface area contributed by atoms with Crippen LogP contribution in [0.2, 0.25) is 0 Å². The largest absolute Gasteiger partial charge is 0.311 e. The van der Waals surface area contributed by atoms with Crippen molar-refractivity contribution < 1.29 is 0 Å². The second-order valence-electron chi connectivity index (χ2n) is 13.9. The summed E-state index contributed by atoms with van der Waals surface area (Å²) in [7, 11) is 0. The van der Waals surface area contributed by atoms with Crippen molar-refractivity contribution in [2.24, 2.45) is 0 Å². The topological polar surface area (TPSA) is 6.48 Å². The molecule has 0 spiro atoms. The van der Waals surface area contributed by atoms with Crippen molar-refractivity contribution >= 4 is 44.9 Å². The molecule has 0 amide bonds. The average molecular weight is 655 g/mol. The predicted molar refractivity (Wildman–Crippen MR) is 216 cm³/mol. The average Bonchev–Trinajstić information content (AvgIpc) is 3.42. The summed E-state index contributed by atoms with van der Waals surface area (Å²) < 4.78 is 0. The van der Waals surface area contributed by atoms with Crippen LogP contribution in [-0.4, -0.2) is 0 Å². The lowest BCUT2D eigenvalue weighted by Gasteiger charge is -2.28. The molecule has 244 valence electrons. The van der Waals surface area contributed by atoms with E-state index >= 15 is 0 Å².